The minimum absolute atomic E-state index is 0.0587. The summed E-state index contributed by atoms with van der Waals surface area (Å²) in [5.41, 5.74) is 8.41. The van der Waals surface area contributed by atoms with E-state index in [9.17, 15) is 30.0 Å². The van der Waals surface area contributed by atoms with Crippen LogP contribution in [0.15, 0.2) is 48.5 Å². The number of carbonyl (C=O) groups excluding carboxylic acids is 2. The Bertz CT molecular complexity index is 1870. The quantitative estimate of drug-likeness (QED) is 0.129. The first kappa shape index (κ1) is 44.1. The van der Waals surface area contributed by atoms with Gasteiger partial charge in [0.25, 0.3) is 0 Å². The van der Waals surface area contributed by atoms with Crippen LogP contribution in [0.1, 0.15) is 107 Å². The lowest BCUT2D eigenvalue weighted by Gasteiger charge is -2.32. The average Bonchev–Trinajstić information content (AvgIpc) is 3.15. The number of esters is 2. The molecule has 10 nitrogen and oxygen atoms in total. The highest BCUT2D eigenvalue weighted by molar-refractivity contribution is 5.76. The zero-order valence-corrected chi connectivity index (χ0v) is 35.9. The van der Waals surface area contributed by atoms with E-state index in [2.05, 4.69) is 0 Å². The minimum Gasteiger partial charge on any atom is -0.507 e. The summed E-state index contributed by atoms with van der Waals surface area (Å²) in [6.07, 6.45) is 1.39. The Morgan fingerprint density at radius 3 is 0.914 bits per heavy atom. The molecular formula is C48H62N2O8. The molecule has 2 atom stereocenters. The second-order valence-electron chi connectivity index (χ2n) is 17.2. The normalized spacial score (nSPS) is 15.2. The fourth-order valence-corrected chi connectivity index (χ4v) is 8.55. The number of methoxy groups -OCH3 is 2. The van der Waals surface area contributed by atoms with E-state index in [4.69, 9.17) is 9.47 Å². The molecule has 0 spiro atoms. The summed E-state index contributed by atoms with van der Waals surface area (Å²) in [4.78, 5) is 31.0. The number of phenolic OH excluding ortho intramolecular Hbond substituents is 4. The number of hydrogen-bond acceptors (Lipinski definition) is 10. The van der Waals surface area contributed by atoms with Gasteiger partial charge in [0, 0.05) is 61.3 Å². The maximum atomic E-state index is 13.5. The molecule has 0 radical (unpaired) electrons. The number of aryl methyl sites for hydroxylation is 4. The molecule has 0 saturated carbocycles. The third-order valence-electron chi connectivity index (χ3n) is 11.1. The third-order valence-corrected chi connectivity index (χ3v) is 11.1. The van der Waals surface area contributed by atoms with Crippen LogP contribution in [0.25, 0.3) is 0 Å². The van der Waals surface area contributed by atoms with E-state index in [0.29, 0.717) is 57.3 Å². The molecule has 0 aliphatic carbocycles. The van der Waals surface area contributed by atoms with Crippen molar-refractivity contribution in [3.05, 3.63) is 115 Å². The molecule has 1 heterocycles. The van der Waals surface area contributed by atoms with Gasteiger partial charge in [0.15, 0.2) is 0 Å². The third kappa shape index (κ3) is 10.3. The monoisotopic (exact) mass is 794 g/mol. The molecule has 8 bridgehead atoms. The lowest BCUT2D eigenvalue weighted by molar-refractivity contribution is -0.149. The van der Waals surface area contributed by atoms with Crippen LogP contribution in [0, 0.1) is 39.5 Å². The second kappa shape index (κ2) is 18.7. The van der Waals surface area contributed by atoms with Gasteiger partial charge in [0.2, 0.25) is 0 Å². The molecule has 312 valence electrons. The maximum Gasteiger partial charge on any atom is 0.323 e. The molecule has 0 aromatic heterocycles. The molecule has 58 heavy (non-hydrogen) atoms. The van der Waals surface area contributed by atoms with E-state index < -0.39 is 24.0 Å². The second-order valence-corrected chi connectivity index (χ2v) is 17.2. The smallest absolute Gasteiger partial charge is 0.323 e. The number of rotatable bonds is 8. The fraction of sp³-hybridized carbons (Fsp3) is 0.458. The van der Waals surface area contributed by atoms with Gasteiger partial charge in [-0.25, -0.2) is 0 Å². The fourth-order valence-electron chi connectivity index (χ4n) is 8.55. The van der Waals surface area contributed by atoms with E-state index in [0.717, 1.165) is 22.3 Å². The number of carbonyl (C=O) groups is 2. The van der Waals surface area contributed by atoms with Crippen LogP contribution in [0.2, 0.25) is 0 Å². The van der Waals surface area contributed by atoms with Gasteiger partial charge in [-0.05, 0) is 74.6 Å². The molecule has 1 aliphatic heterocycles. The van der Waals surface area contributed by atoms with E-state index in [-0.39, 0.29) is 73.9 Å². The lowest BCUT2D eigenvalue weighted by Crippen LogP contribution is -2.42. The SMILES string of the molecule is COC(=O)[C@H](CC(C)C)N1Cc2cc(C)cc(c2O)Cc2cc(C)cc(c2O)CN([C@@H](CC(C)C)C(=O)OC)Cc2cc(C)cc(c2O)Cc2cc(C)cc(c2O)C1. The van der Waals surface area contributed by atoms with Gasteiger partial charge in [0.05, 0.1) is 14.2 Å². The minimum atomic E-state index is -0.686. The van der Waals surface area contributed by atoms with Crippen LogP contribution in [0.5, 0.6) is 23.0 Å². The van der Waals surface area contributed by atoms with Crippen molar-refractivity contribution < 1.29 is 39.5 Å². The first-order valence-electron chi connectivity index (χ1n) is 20.3. The highest BCUT2D eigenvalue weighted by Crippen LogP contribution is 2.38. The average molecular weight is 795 g/mol. The van der Waals surface area contributed by atoms with Gasteiger partial charge in [-0.3, -0.25) is 19.4 Å². The van der Waals surface area contributed by atoms with Crippen LogP contribution < -0.4 is 0 Å². The molecular weight excluding hydrogens is 733 g/mol. The Morgan fingerprint density at radius 2 is 0.707 bits per heavy atom. The molecule has 0 saturated heterocycles. The van der Waals surface area contributed by atoms with E-state index >= 15 is 0 Å². The van der Waals surface area contributed by atoms with Gasteiger partial charge >= 0.3 is 11.9 Å². The first-order valence-corrected chi connectivity index (χ1v) is 20.3. The Morgan fingerprint density at radius 1 is 0.483 bits per heavy atom. The van der Waals surface area contributed by atoms with Crippen LogP contribution in [0.3, 0.4) is 0 Å². The van der Waals surface area contributed by atoms with Crippen molar-refractivity contribution in [1.82, 2.24) is 9.80 Å². The number of aromatic hydroxyl groups is 4. The number of benzene rings is 4. The van der Waals surface area contributed by atoms with E-state index in [1.165, 1.54) is 14.2 Å². The van der Waals surface area contributed by atoms with Crippen molar-refractivity contribution in [3.63, 3.8) is 0 Å². The molecule has 4 N–H and O–H groups in total. The number of fused-ring (bicyclic) bond motifs is 8. The zero-order valence-electron chi connectivity index (χ0n) is 35.9. The van der Waals surface area contributed by atoms with Crippen molar-refractivity contribution in [2.24, 2.45) is 11.8 Å². The Balaban J connectivity index is 1.78. The molecule has 0 fully saturated rings. The van der Waals surface area contributed by atoms with Crippen molar-refractivity contribution in [3.8, 4) is 23.0 Å². The van der Waals surface area contributed by atoms with Crippen molar-refractivity contribution in [2.45, 2.75) is 119 Å². The zero-order chi connectivity index (χ0) is 42.6. The summed E-state index contributed by atoms with van der Waals surface area (Å²) in [7, 11) is 2.74. The van der Waals surface area contributed by atoms with Crippen LogP contribution in [-0.2, 0) is 58.1 Å². The lowest BCUT2D eigenvalue weighted by atomic mass is 9.92. The summed E-state index contributed by atoms with van der Waals surface area (Å²) >= 11 is 0. The summed E-state index contributed by atoms with van der Waals surface area (Å²) in [5.74, 6) is -0.314. The number of ether oxygens (including phenoxy) is 2. The number of hydrogen-bond donors (Lipinski definition) is 4. The van der Waals surface area contributed by atoms with Crippen molar-refractivity contribution in [2.75, 3.05) is 14.2 Å². The highest BCUT2D eigenvalue weighted by Gasteiger charge is 2.32. The van der Waals surface area contributed by atoms with Crippen molar-refractivity contribution in [1.29, 1.82) is 0 Å². The summed E-state index contributed by atoms with van der Waals surface area (Å²) in [6, 6.07) is 13.9. The van der Waals surface area contributed by atoms with Gasteiger partial charge in [-0.15, -0.1) is 0 Å². The predicted octanol–water partition coefficient (Wildman–Crippen LogP) is 8.42. The van der Waals surface area contributed by atoms with Gasteiger partial charge in [-0.2, -0.15) is 0 Å². The van der Waals surface area contributed by atoms with Crippen LogP contribution in [-0.4, -0.2) is 68.5 Å². The molecule has 0 unspecified atom stereocenters. The number of nitrogens with zero attached hydrogens (tertiary/aromatic N) is 2. The van der Waals surface area contributed by atoms with Crippen LogP contribution in [0.4, 0.5) is 0 Å². The molecule has 0 amide bonds. The number of phenols is 4. The Kier molecular flexibility index (Phi) is 14.2. The molecule has 10 heteroatoms. The molecule has 1 aliphatic rings. The Labute approximate surface area is 344 Å². The predicted molar refractivity (Wildman–Crippen MR) is 226 cm³/mol. The van der Waals surface area contributed by atoms with Crippen LogP contribution >= 0.6 is 0 Å². The molecule has 5 rings (SSSR count). The maximum absolute atomic E-state index is 13.5. The molecule has 4 aromatic rings. The largest absolute Gasteiger partial charge is 0.507 e. The summed E-state index contributed by atoms with van der Waals surface area (Å²) in [6.45, 7) is 16.6. The van der Waals surface area contributed by atoms with E-state index in [1.54, 1.807) is 0 Å². The van der Waals surface area contributed by atoms with Gasteiger partial charge < -0.3 is 29.9 Å². The van der Waals surface area contributed by atoms with Gasteiger partial charge in [0.1, 0.15) is 35.1 Å². The standard InChI is InChI=1S/C48H62N2O8/c1-27(2)11-41(47(55)57-9)49-23-37-17-29(5)13-33(43(37)51)21-35-15-31(7)19-39(45(35)53)25-50(42(12-28(3)4)48(56)58-10)26-40-20-32(8)16-36(46(40)54)22-34-14-30(6)18-38(24-49)44(34)52/h13-20,27-28,41-42,51-54H,11-12,21-26H2,1-10H3/t41-,42-/m0/s1. The first-order chi connectivity index (χ1) is 27.4. The summed E-state index contributed by atoms with van der Waals surface area (Å²) in [5, 5.41) is 48.0. The topological polar surface area (TPSA) is 140 Å². The molecule has 4 aromatic carbocycles. The van der Waals surface area contributed by atoms with E-state index in [1.807, 2.05) is 114 Å². The Hall–Kier alpha value is -5.06. The van der Waals surface area contributed by atoms with Gasteiger partial charge in [-0.1, -0.05) is 98.5 Å². The highest BCUT2D eigenvalue weighted by atomic mass is 16.5. The summed E-state index contributed by atoms with van der Waals surface area (Å²) < 4.78 is 10.7. The van der Waals surface area contributed by atoms with Crippen molar-refractivity contribution >= 4 is 11.9 Å².